The van der Waals surface area contributed by atoms with E-state index in [9.17, 15) is 4.79 Å². The molecular weight excluding hydrogens is 260 g/mol. The van der Waals surface area contributed by atoms with Gasteiger partial charge in [-0.25, -0.2) is 0 Å². The number of aryl methyl sites for hydroxylation is 1. The van der Waals surface area contributed by atoms with Crippen LogP contribution in [0.5, 0.6) is 0 Å². The summed E-state index contributed by atoms with van der Waals surface area (Å²) in [6.45, 7) is 1.97. The minimum Gasteiger partial charge on any atom is -0.348 e. The number of hydrogen-bond acceptors (Lipinski definition) is 4. The van der Waals surface area contributed by atoms with Gasteiger partial charge in [0.15, 0.2) is 0 Å². The van der Waals surface area contributed by atoms with E-state index in [4.69, 9.17) is 0 Å². The molecule has 7 heteroatoms. The molecule has 0 radical (unpaired) electrons. The second kappa shape index (κ2) is 6.28. The van der Waals surface area contributed by atoms with E-state index in [0.717, 1.165) is 17.2 Å². The van der Waals surface area contributed by atoms with Crippen molar-refractivity contribution in [1.29, 1.82) is 0 Å². The molecule has 2 unspecified atom stereocenters. The number of rotatable bonds is 3. The summed E-state index contributed by atoms with van der Waals surface area (Å²) in [4.78, 5) is 11.8. The summed E-state index contributed by atoms with van der Waals surface area (Å²) in [6.07, 6.45) is 3.70. The van der Waals surface area contributed by atoms with Crippen molar-refractivity contribution in [3.05, 3.63) is 18.0 Å². The van der Waals surface area contributed by atoms with Gasteiger partial charge in [-0.3, -0.25) is 14.8 Å². The number of carbonyl (C=O) groups is 1. The monoisotopic (exact) mass is 276 g/mol. The number of nitrogens with zero attached hydrogens (tertiary/aromatic N) is 2. The SMILES string of the molecule is CC(NC(=O)C1CSCN1)c1cnn(C)c1.Cl. The van der Waals surface area contributed by atoms with Crippen molar-refractivity contribution in [3.8, 4) is 0 Å². The quantitative estimate of drug-likeness (QED) is 0.853. The Morgan fingerprint density at radius 2 is 2.53 bits per heavy atom. The van der Waals surface area contributed by atoms with Crippen LogP contribution in [0.2, 0.25) is 0 Å². The van der Waals surface area contributed by atoms with Gasteiger partial charge < -0.3 is 5.32 Å². The van der Waals surface area contributed by atoms with Gasteiger partial charge in [-0.2, -0.15) is 5.10 Å². The Kier molecular flexibility index (Phi) is 5.30. The summed E-state index contributed by atoms with van der Waals surface area (Å²) in [5, 5.41) is 10.2. The highest BCUT2D eigenvalue weighted by molar-refractivity contribution is 7.99. The summed E-state index contributed by atoms with van der Waals surface area (Å²) in [7, 11) is 1.87. The van der Waals surface area contributed by atoms with E-state index in [1.165, 1.54) is 0 Å². The van der Waals surface area contributed by atoms with Crippen molar-refractivity contribution in [2.45, 2.75) is 19.0 Å². The molecule has 1 saturated heterocycles. The van der Waals surface area contributed by atoms with Crippen LogP contribution >= 0.6 is 24.2 Å². The lowest BCUT2D eigenvalue weighted by atomic mass is 10.2. The highest BCUT2D eigenvalue weighted by atomic mass is 35.5. The Bertz CT molecular complexity index is 378. The Hall–Kier alpha value is -0.720. The molecular formula is C10H17ClN4OS. The maximum absolute atomic E-state index is 11.8. The van der Waals surface area contributed by atoms with Crippen LogP contribution in [0.15, 0.2) is 12.4 Å². The van der Waals surface area contributed by atoms with Crippen LogP contribution in [0, 0.1) is 0 Å². The molecule has 1 amide bonds. The van der Waals surface area contributed by atoms with Gasteiger partial charge in [0.1, 0.15) is 0 Å². The molecule has 1 aromatic rings. The minimum absolute atomic E-state index is 0. The maximum atomic E-state index is 11.8. The first-order valence-electron chi connectivity index (χ1n) is 5.27. The molecule has 2 N–H and O–H groups in total. The second-order valence-electron chi connectivity index (χ2n) is 3.95. The highest BCUT2D eigenvalue weighted by Gasteiger charge is 2.23. The van der Waals surface area contributed by atoms with Crippen molar-refractivity contribution in [2.24, 2.45) is 7.05 Å². The molecule has 1 aliphatic rings. The number of hydrogen-bond donors (Lipinski definition) is 2. The van der Waals surface area contributed by atoms with Gasteiger partial charge in [-0.1, -0.05) is 0 Å². The molecule has 96 valence electrons. The van der Waals surface area contributed by atoms with E-state index in [-0.39, 0.29) is 30.4 Å². The molecule has 0 bridgehead atoms. The maximum Gasteiger partial charge on any atom is 0.238 e. The van der Waals surface area contributed by atoms with E-state index in [2.05, 4.69) is 15.7 Å². The first-order chi connectivity index (χ1) is 7.66. The molecule has 0 aromatic carbocycles. The van der Waals surface area contributed by atoms with Crippen molar-refractivity contribution >= 4 is 30.1 Å². The van der Waals surface area contributed by atoms with E-state index in [0.29, 0.717) is 0 Å². The highest BCUT2D eigenvalue weighted by Crippen LogP contribution is 2.13. The average Bonchev–Trinajstić information content (AvgIpc) is 2.87. The van der Waals surface area contributed by atoms with Crippen LogP contribution < -0.4 is 10.6 Å². The summed E-state index contributed by atoms with van der Waals surface area (Å²) >= 11 is 1.75. The Morgan fingerprint density at radius 3 is 3.06 bits per heavy atom. The molecule has 17 heavy (non-hydrogen) atoms. The fourth-order valence-electron chi connectivity index (χ4n) is 1.62. The third-order valence-corrected chi connectivity index (χ3v) is 3.56. The molecule has 1 aliphatic heterocycles. The minimum atomic E-state index is -0.0517. The molecule has 2 atom stereocenters. The van der Waals surface area contributed by atoms with Crippen molar-refractivity contribution in [2.75, 3.05) is 11.6 Å². The van der Waals surface area contributed by atoms with Crippen LogP contribution in [0.1, 0.15) is 18.5 Å². The average molecular weight is 277 g/mol. The predicted octanol–water partition coefficient (Wildman–Crippen LogP) is 0.682. The fraction of sp³-hybridized carbons (Fsp3) is 0.600. The Labute approximate surface area is 111 Å². The zero-order valence-electron chi connectivity index (χ0n) is 9.84. The van der Waals surface area contributed by atoms with E-state index in [1.807, 2.05) is 20.2 Å². The van der Waals surface area contributed by atoms with Gasteiger partial charge in [0, 0.05) is 30.4 Å². The molecule has 5 nitrogen and oxygen atoms in total. The number of carbonyl (C=O) groups excluding carboxylic acids is 1. The predicted molar refractivity (Wildman–Crippen MR) is 71.3 cm³/mol. The Morgan fingerprint density at radius 1 is 1.76 bits per heavy atom. The largest absolute Gasteiger partial charge is 0.348 e. The molecule has 2 rings (SSSR count). The summed E-state index contributed by atoms with van der Waals surface area (Å²) < 4.78 is 1.74. The van der Waals surface area contributed by atoms with Crippen LogP contribution in [-0.2, 0) is 11.8 Å². The normalized spacial score (nSPS) is 20.7. The molecule has 0 saturated carbocycles. The molecule has 0 spiro atoms. The standard InChI is InChI=1S/C10H16N4OS.ClH/c1-7(8-3-12-14(2)4-8)13-10(15)9-5-16-6-11-9;/h3-4,7,9,11H,5-6H2,1-2H3,(H,13,15);1H. The zero-order valence-corrected chi connectivity index (χ0v) is 11.5. The number of halogens is 1. The smallest absolute Gasteiger partial charge is 0.238 e. The van der Waals surface area contributed by atoms with Gasteiger partial charge >= 0.3 is 0 Å². The van der Waals surface area contributed by atoms with E-state index >= 15 is 0 Å². The first kappa shape index (κ1) is 14.3. The number of thioether (sulfide) groups is 1. The van der Waals surface area contributed by atoms with Gasteiger partial charge in [0.05, 0.1) is 18.3 Å². The Balaban J connectivity index is 0.00000144. The third-order valence-electron chi connectivity index (χ3n) is 2.62. The van der Waals surface area contributed by atoms with E-state index in [1.54, 1.807) is 22.6 Å². The first-order valence-corrected chi connectivity index (χ1v) is 6.42. The van der Waals surface area contributed by atoms with Crippen LogP contribution in [0.25, 0.3) is 0 Å². The van der Waals surface area contributed by atoms with Crippen LogP contribution in [-0.4, -0.2) is 33.4 Å². The number of aromatic nitrogens is 2. The summed E-state index contributed by atoms with van der Waals surface area (Å²) in [5.41, 5.74) is 1.03. The van der Waals surface area contributed by atoms with Crippen molar-refractivity contribution in [1.82, 2.24) is 20.4 Å². The molecule has 0 aliphatic carbocycles. The van der Waals surface area contributed by atoms with Gasteiger partial charge in [0.25, 0.3) is 0 Å². The second-order valence-corrected chi connectivity index (χ2v) is 4.98. The topological polar surface area (TPSA) is 59.0 Å². The summed E-state index contributed by atoms with van der Waals surface area (Å²) in [6, 6.07) is -0.0438. The fourth-order valence-corrected chi connectivity index (χ4v) is 2.57. The lowest BCUT2D eigenvalue weighted by molar-refractivity contribution is -0.123. The zero-order chi connectivity index (χ0) is 11.5. The van der Waals surface area contributed by atoms with Gasteiger partial charge in [0.2, 0.25) is 5.91 Å². The number of nitrogens with one attached hydrogen (secondary N) is 2. The summed E-state index contributed by atoms with van der Waals surface area (Å²) in [5.74, 6) is 1.78. The third kappa shape index (κ3) is 3.62. The van der Waals surface area contributed by atoms with E-state index < -0.39 is 0 Å². The molecule has 1 fully saturated rings. The van der Waals surface area contributed by atoms with Crippen molar-refractivity contribution in [3.63, 3.8) is 0 Å². The lowest BCUT2D eigenvalue weighted by Gasteiger charge is -2.15. The van der Waals surface area contributed by atoms with Crippen LogP contribution in [0.3, 0.4) is 0 Å². The lowest BCUT2D eigenvalue weighted by Crippen LogP contribution is -2.42. The number of amides is 1. The van der Waals surface area contributed by atoms with Crippen molar-refractivity contribution < 1.29 is 4.79 Å². The van der Waals surface area contributed by atoms with Crippen LogP contribution in [0.4, 0.5) is 0 Å². The molecule has 2 heterocycles. The van der Waals surface area contributed by atoms with Gasteiger partial charge in [-0.15, -0.1) is 24.2 Å². The molecule has 1 aromatic heterocycles. The van der Waals surface area contributed by atoms with Gasteiger partial charge in [-0.05, 0) is 6.92 Å².